The third kappa shape index (κ3) is 6.26. The molecule has 1 saturated heterocycles. The molecule has 0 spiro atoms. The average Bonchev–Trinajstić information content (AvgIpc) is 2.98. The summed E-state index contributed by atoms with van der Waals surface area (Å²) in [7, 11) is 3.87. The number of anilines is 2. The van der Waals surface area contributed by atoms with E-state index in [1.165, 1.54) is 5.56 Å². The zero-order valence-corrected chi connectivity index (χ0v) is 22.2. The lowest BCUT2D eigenvalue weighted by Gasteiger charge is -2.33. The van der Waals surface area contributed by atoms with Crippen LogP contribution in [0.1, 0.15) is 45.0 Å². The summed E-state index contributed by atoms with van der Waals surface area (Å²) in [5.41, 5.74) is 4.04. The number of ether oxygens (including phenoxy) is 1. The molecule has 0 aliphatic carbocycles. The zero-order valence-electron chi connectivity index (χ0n) is 22.2. The number of likely N-dealkylation sites (tertiary alicyclic amines) is 1. The fourth-order valence-electron chi connectivity index (χ4n) is 4.87. The molecule has 5 rings (SSSR count). The third-order valence-electron chi connectivity index (χ3n) is 7.03. The van der Waals surface area contributed by atoms with E-state index in [2.05, 4.69) is 22.4 Å². The molecule has 0 unspecified atom stereocenters. The lowest BCUT2D eigenvalue weighted by molar-refractivity contribution is 0.0713. The molecule has 198 valence electrons. The molecule has 3 aromatic carbocycles. The van der Waals surface area contributed by atoms with Gasteiger partial charge < -0.3 is 19.9 Å². The molecule has 7 nitrogen and oxygen atoms in total. The summed E-state index contributed by atoms with van der Waals surface area (Å²) in [5.74, 6) is 1.65. The van der Waals surface area contributed by atoms with E-state index in [4.69, 9.17) is 4.74 Å². The molecule has 1 aliphatic rings. The fraction of sp³-hybridized carbons (Fsp3) is 0.219. The number of carbonyl (C=O) groups excluding carboxylic acids is 2. The van der Waals surface area contributed by atoms with Gasteiger partial charge in [0.05, 0.1) is 11.3 Å². The Hall–Kier alpha value is -4.65. The summed E-state index contributed by atoms with van der Waals surface area (Å²) >= 11 is 0. The van der Waals surface area contributed by atoms with E-state index in [-0.39, 0.29) is 11.8 Å². The highest BCUT2D eigenvalue weighted by Gasteiger charge is 2.26. The van der Waals surface area contributed by atoms with Crippen molar-refractivity contribution in [3.05, 3.63) is 114 Å². The smallest absolute Gasteiger partial charge is 0.257 e. The number of aromatic nitrogens is 1. The second-order valence-electron chi connectivity index (χ2n) is 9.87. The normalized spacial score (nSPS) is 13.5. The highest BCUT2D eigenvalue weighted by atomic mass is 16.5. The Kier molecular flexibility index (Phi) is 7.87. The molecule has 1 aliphatic heterocycles. The Morgan fingerprint density at radius 2 is 1.54 bits per heavy atom. The van der Waals surface area contributed by atoms with Crippen LogP contribution in [-0.4, -0.2) is 48.9 Å². The maximum absolute atomic E-state index is 13.1. The Morgan fingerprint density at radius 1 is 0.872 bits per heavy atom. The van der Waals surface area contributed by atoms with Gasteiger partial charge in [-0.1, -0.05) is 30.3 Å². The lowest BCUT2D eigenvalue weighted by Crippen LogP contribution is -2.38. The molecular formula is C32H32N4O3. The van der Waals surface area contributed by atoms with Crippen molar-refractivity contribution in [1.82, 2.24) is 9.88 Å². The Bertz CT molecular complexity index is 1410. The molecule has 2 heterocycles. The minimum atomic E-state index is -0.173. The lowest BCUT2D eigenvalue weighted by atomic mass is 9.89. The van der Waals surface area contributed by atoms with E-state index in [1.807, 2.05) is 72.4 Å². The van der Waals surface area contributed by atoms with Gasteiger partial charge in [0.1, 0.15) is 11.5 Å². The SMILES string of the molecule is CN(C)c1ccncc1C(=O)N1CCC(c2ccc(NC(=O)c3ccc(Oc4ccccc4)cc3)cc2)CC1. The first kappa shape index (κ1) is 26.0. The summed E-state index contributed by atoms with van der Waals surface area (Å²) in [6.07, 6.45) is 5.16. The summed E-state index contributed by atoms with van der Waals surface area (Å²) in [4.78, 5) is 33.9. The minimum absolute atomic E-state index is 0.0305. The van der Waals surface area contributed by atoms with Crippen LogP contribution in [0.3, 0.4) is 0 Å². The van der Waals surface area contributed by atoms with E-state index in [1.54, 1.807) is 36.7 Å². The first-order valence-electron chi connectivity index (χ1n) is 13.1. The van der Waals surface area contributed by atoms with Crippen LogP contribution in [0, 0.1) is 0 Å². The van der Waals surface area contributed by atoms with Crippen LogP contribution in [0.15, 0.2) is 97.3 Å². The number of rotatable bonds is 7. The summed E-state index contributed by atoms with van der Waals surface area (Å²) < 4.78 is 5.80. The highest BCUT2D eigenvalue weighted by molar-refractivity contribution is 6.04. The molecule has 1 N–H and O–H groups in total. The molecule has 0 atom stereocenters. The van der Waals surface area contributed by atoms with E-state index in [9.17, 15) is 9.59 Å². The van der Waals surface area contributed by atoms with Crippen molar-refractivity contribution in [3.63, 3.8) is 0 Å². The number of hydrogen-bond acceptors (Lipinski definition) is 5. The molecule has 1 fully saturated rings. The van der Waals surface area contributed by atoms with Gasteiger partial charge in [-0.15, -0.1) is 0 Å². The van der Waals surface area contributed by atoms with Crippen LogP contribution >= 0.6 is 0 Å². The standard InChI is InChI=1S/C32H32N4O3/c1-35(2)30-16-19-33-22-29(30)32(38)36-20-17-24(18-21-36)23-8-12-26(13-9-23)34-31(37)25-10-14-28(15-11-25)39-27-6-4-3-5-7-27/h3-16,19,22,24H,17-18,20-21H2,1-2H3,(H,34,37). The van der Waals surface area contributed by atoms with Crippen molar-refractivity contribution in [2.75, 3.05) is 37.4 Å². The summed E-state index contributed by atoms with van der Waals surface area (Å²) in [6.45, 7) is 1.40. The Balaban J connectivity index is 1.14. The van der Waals surface area contributed by atoms with Gasteiger partial charge in [0.2, 0.25) is 0 Å². The van der Waals surface area contributed by atoms with Gasteiger partial charge in [-0.3, -0.25) is 14.6 Å². The summed E-state index contributed by atoms with van der Waals surface area (Å²) in [6, 6.07) is 26.5. The van der Waals surface area contributed by atoms with Gasteiger partial charge in [0.25, 0.3) is 11.8 Å². The monoisotopic (exact) mass is 520 g/mol. The van der Waals surface area contributed by atoms with Crippen LogP contribution < -0.4 is 15.0 Å². The van der Waals surface area contributed by atoms with E-state index < -0.39 is 0 Å². The average molecular weight is 521 g/mol. The first-order chi connectivity index (χ1) is 19.0. The van der Waals surface area contributed by atoms with Gasteiger partial charge in [-0.05, 0) is 78.9 Å². The second-order valence-corrected chi connectivity index (χ2v) is 9.87. The highest BCUT2D eigenvalue weighted by Crippen LogP contribution is 2.30. The maximum Gasteiger partial charge on any atom is 0.257 e. The first-order valence-corrected chi connectivity index (χ1v) is 13.1. The number of pyridine rings is 1. The number of piperidine rings is 1. The third-order valence-corrected chi connectivity index (χ3v) is 7.03. The molecule has 0 saturated carbocycles. The van der Waals surface area contributed by atoms with Crippen molar-refractivity contribution < 1.29 is 14.3 Å². The van der Waals surface area contributed by atoms with E-state index >= 15 is 0 Å². The van der Waals surface area contributed by atoms with Crippen LogP contribution in [0.5, 0.6) is 11.5 Å². The molecule has 4 aromatic rings. The number of nitrogens with one attached hydrogen (secondary N) is 1. The maximum atomic E-state index is 13.1. The predicted molar refractivity (Wildman–Crippen MR) is 154 cm³/mol. The zero-order chi connectivity index (χ0) is 27.2. The molecule has 7 heteroatoms. The van der Waals surface area contributed by atoms with Crippen molar-refractivity contribution in [1.29, 1.82) is 0 Å². The van der Waals surface area contributed by atoms with Crippen molar-refractivity contribution in [2.24, 2.45) is 0 Å². The number of carbonyl (C=O) groups is 2. The number of nitrogens with zero attached hydrogens (tertiary/aromatic N) is 3. The number of amides is 2. The van der Waals surface area contributed by atoms with Crippen LogP contribution in [0.25, 0.3) is 0 Å². The van der Waals surface area contributed by atoms with Crippen molar-refractivity contribution >= 4 is 23.2 Å². The van der Waals surface area contributed by atoms with E-state index in [0.717, 1.165) is 30.0 Å². The van der Waals surface area contributed by atoms with Gasteiger partial charge in [0, 0.05) is 50.8 Å². The van der Waals surface area contributed by atoms with Crippen LogP contribution in [0.2, 0.25) is 0 Å². The quantitative estimate of drug-likeness (QED) is 0.314. The van der Waals surface area contributed by atoms with Gasteiger partial charge in [0.15, 0.2) is 0 Å². The molecule has 0 radical (unpaired) electrons. The van der Waals surface area contributed by atoms with Gasteiger partial charge in [-0.2, -0.15) is 0 Å². The molecule has 1 aromatic heterocycles. The van der Waals surface area contributed by atoms with Crippen molar-refractivity contribution in [2.45, 2.75) is 18.8 Å². The van der Waals surface area contributed by atoms with Crippen LogP contribution in [0.4, 0.5) is 11.4 Å². The van der Waals surface area contributed by atoms with E-state index in [0.29, 0.717) is 35.9 Å². The Labute approximate surface area is 229 Å². The topological polar surface area (TPSA) is 74.8 Å². The predicted octanol–water partition coefficient (Wildman–Crippen LogP) is 6.21. The fourth-order valence-corrected chi connectivity index (χ4v) is 4.87. The molecule has 39 heavy (non-hydrogen) atoms. The Morgan fingerprint density at radius 3 is 2.21 bits per heavy atom. The number of benzene rings is 3. The number of hydrogen-bond donors (Lipinski definition) is 1. The molecule has 0 bridgehead atoms. The minimum Gasteiger partial charge on any atom is -0.457 e. The summed E-state index contributed by atoms with van der Waals surface area (Å²) in [5, 5.41) is 2.97. The van der Waals surface area contributed by atoms with Gasteiger partial charge >= 0.3 is 0 Å². The second kappa shape index (κ2) is 11.8. The van der Waals surface area contributed by atoms with Gasteiger partial charge in [-0.25, -0.2) is 0 Å². The molecule has 2 amide bonds. The largest absolute Gasteiger partial charge is 0.457 e. The van der Waals surface area contributed by atoms with Crippen molar-refractivity contribution in [3.8, 4) is 11.5 Å². The number of para-hydroxylation sites is 1. The van der Waals surface area contributed by atoms with Crippen LogP contribution in [-0.2, 0) is 0 Å². The molecular weight excluding hydrogens is 488 g/mol.